The number of anilines is 1. The molecule has 2 aromatic rings. The molecule has 0 atom stereocenters. The van der Waals surface area contributed by atoms with Crippen LogP contribution in [-0.2, 0) is 13.6 Å². The highest BCUT2D eigenvalue weighted by atomic mass is 15.2. The molecule has 0 amide bonds. The molecule has 0 aliphatic rings. The Hall–Kier alpha value is -2.28. The SMILES string of the molecule is Cc1ccc(C#N)cc1NCc1cnn(C)c1. The van der Waals surface area contributed by atoms with Gasteiger partial charge in [0, 0.05) is 31.0 Å². The van der Waals surface area contributed by atoms with Gasteiger partial charge in [0.2, 0.25) is 0 Å². The van der Waals surface area contributed by atoms with Gasteiger partial charge in [-0.3, -0.25) is 4.68 Å². The molecule has 0 unspecified atom stereocenters. The van der Waals surface area contributed by atoms with E-state index in [1.54, 1.807) is 4.68 Å². The van der Waals surface area contributed by atoms with Gasteiger partial charge >= 0.3 is 0 Å². The number of nitriles is 1. The lowest BCUT2D eigenvalue weighted by Crippen LogP contribution is -2.00. The summed E-state index contributed by atoms with van der Waals surface area (Å²) in [4.78, 5) is 0. The number of aromatic nitrogens is 2. The Kier molecular flexibility index (Phi) is 3.10. The highest BCUT2D eigenvalue weighted by Crippen LogP contribution is 2.17. The third-order valence-corrected chi connectivity index (χ3v) is 2.61. The number of hydrogen-bond donors (Lipinski definition) is 1. The van der Waals surface area contributed by atoms with Crippen molar-refractivity contribution in [2.75, 3.05) is 5.32 Å². The predicted molar refractivity (Wildman–Crippen MR) is 66.4 cm³/mol. The molecule has 0 aliphatic heterocycles. The fraction of sp³-hybridized carbons (Fsp3) is 0.231. The monoisotopic (exact) mass is 226 g/mol. The minimum absolute atomic E-state index is 0.671. The normalized spacial score (nSPS) is 9.94. The minimum Gasteiger partial charge on any atom is -0.381 e. The van der Waals surface area contributed by atoms with Crippen molar-refractivity contribution in [2.24, 2.45) is 7.05 Å². The number of nitrogens with zero attached hydrogens (tertiary/aromatic N) is 3. The van der Waals surface area contributed by atoms with E-state index in [0.29, 0.717) is 12.1 Å². The lowest BCUT2D eigenvalue weighted by Gasteiger charge is -2.08. The summed E-state index contributed by atoms with van der Waals surface area (Å²) in [6, 6.07) is 7.78. The van der Waals surface area contributed by atoms with E-state index in [9.17, 15) is 0 Å². The Morgan fingerprint density at radius 2 is 2.29 bits per heavy atom. The minimum atomic E-state index is 0.671. The molecule has 17 heavy (non-hydrogen) atoms. The summed E-state index contributed by atoms with van der Waals surface area (Å²) in [5, 5.41) is 16.3. The molecule has 0 bridgehead atoms. The van der Waals surface area contributed by atoms with Crippen LogP contribution in [0.5, 0.6) is 0 Å². The number of rotatable bonds is 3. The van der Waals surface area contributed by atoms with Crippen LogP contribution < -0.4 is 5.32 Å². The van der Waals surface area contributed by atoms with Crippen LogP contribution in [0.2, 0.25) is 0 Å². The van der Waals surface area contributed by atoms with Crippen molar-refractivity contribution in [3.8, 4) is 6.07 Å². The standard InChI is InChI=1S/C13H14N4/c1-10-3-4-11(6-14)5-13(10)15-7-12-8-16-17(2)9-12/h3-5,8-9,15H,7H2,1-2H3. The second-order valence-electron chi connectivity index (χ2n) is 4.02. The molecule has 2 rings (SSSR count). The van der Waals surface area contributed by atoms with Crippen LogP contribution in [0.4, 0.5) is 5.69 Å². The zero-order chi connectivity index (χ0) is 12.3. The van der Waals surface area contributed by atoms with Gasteiger partial charge < -0.3 is 5.32 Å². The average molecular weight is 226 g/mol. The lowest BCUT2D eigenvalue weighted by atomic mass is 10.1. The zero-order valence-corrected chi connectivity index (χ0v) is 9.94. The van der Waals surface area contributed by atoms with E-state index in [1.165, 1.54) is 0 Å². The summed E-state index contributed by atoms with van der Waals surface area (Å²) in [7, 11) is 1.89. The predicted octanol–water partition coefficient (Wildman–Crippen LogP) is 2.21. The molecule has 1 aromatic carbocycles. The van der Waals surface area contributed by atoms with Crippen molar-refractivity contribution in [1.29, 1.82) is 5.26 Å². The topological polar surface area (TPSA) is 53.6 Å². The molecular weight excluding hydrogens is 212 g/mol. The van der Waals surface area contributed by atoms with E-state index in [4.69, 9.17) is 5.26 Å². The molecule has 86 valence electrons. The summed E-state index contributed by atoms with van der Waals surface area (Å²) in [5.74, 6) is 0. The molecule has 1 heterocycles. The van der Waals surface area contributed by atoms with E-state index in [1.807, 2.05) is 44.6 Å². The van der Waals surface area contributed by atoms with Crippen LogP contribution in [-0.4, -0.2) is 9.78 Å². The van der Waals surface area contributed by atoms with Gasteiger partial charge in [-0.25, -0.2) is 0 Å². The Morgan fingerprint density at radius 1 is 1.47 bits per heavy atom. The first-order valence-corrected chi connectivity index (χ1v) is 5.41. The van der Waals surface area contributed by atoms with Crippen molar-refractivity contribution >= 4 is 5.69 Å². The number of hydrogen-bond acceptors (Lipinski definition) is 3. The smallest absolute Gasteiger partial charge is 0.0992 e. The van der Waals surface area contributed by atoms with Crippen molar-refractivity contribution in [3.63, 3.8) is 0 Å². The summed E-state index contributed by atoms with van der Waals surface area (Å²) in [6.07, 6.45) is 3.80. The maximum absolute atomic E-state index is 8.85. The number of nitrogens with one attached hydrogen (secondary N) is 1. The molecule has 0 saturated heterocycles. The van der Waals surface area contributed by atoms with E-state index in [2.05, 4.69) is 16.5 Å². The first-order chi connectivity index (χ1) is 8.19. The van der Waals surface area contributed by atoms with E-state index < -0.39 is 0 Å². The van der Waals surface area contributed by atoms with Gasteiger partial charge in [0.15, 0.2) is 0 Å². The zero-order valence-electron chi connectivity index (χ0n) is 9.94. The van der Waals surface area contributed by atoms with E-state index in [0.717, 1.165) is 16.8 Å². The first-order valence-electron chi connectivity index (χ1n) is 5.41. The molecule has 1 N–H and O–H groups in total. The molecule has 0 saturated carbocycles. The van der Waals surface area contributed by atoms with Crippen molar-refractivity contribution in [3.05, 3.63) is 47.3 Å². The van der Waals surface area contributed by atoms with Crippen LogP contribution in [0.3, 0.4) is 0 Å². The molecule has 4 nitrogen and oxygen atoms in total. The van der Waals surface area contributed by atoms with Gasteiger partial charge in [-0.15, -0.1) is 0 Å². The van der Waals surface area contributed by atoms with Crippen LogP contribution in [0.25, 0.3) is 0 Å². The maximum atomic E-state index is 8.85. The summed E-state index contributed by atoms with van der Waals surface area (Å²) in [5.41, 5.74) is 3.92. The largest absolute Gasteiger partial charge is 0.381 e. The molecule has 0 fully saturated rings. The lowest BCUT2D eigenvalue weighted by molar-refractivity contribution is 0.767. The third-order valence-electron chi connectivity index (χ3n) is 2.61. The van der Waals surface area contributed by atoms with Crippen molar-refractivity contribution in [2.45, 2.75) is 13.5 Å². The van der Waals surface area contributed by atoms with Gasteiger partial charge in [-0.2, -0.15) is 10.4 Å². The van der Waals surface area contributed by atoms with E-state index >= 15 is 0 Å². The van der Waals surface area contributed by atoms with Crippen LogP contribution in [0.1, 0.15) is 16.7 Å². The summed E-state index contributed by atoms with van der Waals surface area (Å²) < 4.78 is 1.77. The maximum Gasteiger partial charge on any atom is 0.0992 e. The van der Waals surface area contributed by atoms with Gasteiger partial charge in [0.1, 0.15) is 0 Å². The van der Waals surface area contributed by atoms with Crippen LogP contribution >= 0.6 is 0 Å². The van der Waals surface area contributed by atoms with Crippen molar-refractivity contribution in [1.82, 2.24) is 9.78 Å². The fourth-order valence-corrected chi connectivity index (χ4v) is 1.64. The van der Waals surface area contributed by atoms with E-state index in [-0.39, 0.29) is 0 Å². The highest BCUT2D eigenvalue weighted by molar-refractivity contribution is 5.55. The quantitative estimate of drug-likeness (QED) is 0.873. The Morgan fingerprint density at radius 3 is 2.94 bits per heavy atom. The number of aryl methyl sites for hydroxylation is 2. The Bertz CT molecular complexity index is 563. The summed E-state index contributed by atoms with van der Waals surface area (Å²) in [6.45, 7) is 2.73. The fourth-order valence-electron chi connectivity index (χ4n) is 1.64. The molecule has 1 aromatic heterocycles. The summed E-state index contributed by atoms with van der Waals surface area (Å²) >= 11 is 0. The van der Waals surface area contributed by atoms with Gasteiger partial charge in [-0.1, -0.05) is 6.07 Å². The molecular formula is C13H14N4. The highest BCUT2D eigenvalue weighted by Gasteiger charge is 2.01. The molecule has 0 aliphatic carbocycles. The second-order valence-corrected chi connectivity index (χ2v) is 4.02. The van der Waals surface area contributed by atoms with Crippen LogP contribution in [0.15, 0.2) is 30.6 Å². The average Bonchev–Trinajstić information content (AvgIpc) is 2.74. The van der Waals surface area contributed by atoms with Crippen molar-refractivity contribution < 1.29 is 0 Å². The van der Waals surface area contributed by atoms with Crippen LogP contribution in [0, 0.1) is 18.3 Å². The Labute approximate surface area is 100 Å². The molecule has 0 radical (unpaired) electrons. The Balaban J connectivity index is 2.11. The number of benzene rings is 1. The second kappa shape index (κ2) is 4.71. The molecule has 4 heteroatoms. The van der Waals surface area contributed by atoms with Gasteiger partial charge in [0.25, 0.3) is 0 Å². The molecule has 0 spiro atoms. The first kappa shape index (κ1) is 11.2. The van der Waals surface area contributed by atoms with Gasteiger partial charge in [0.05, 0.1) is 17.8 Å². The van der Waals surface area contributed by atoms with Gasteiger partial charge in [-0.05, 0) is 24.6 Å². The third kappa shape index (κ3) is 2.64.